The van der Waals surface area contributed by atoms with Crippen molar-refractivity contribution in [3.8, 4) is 5.75 Å². The number of ether oxygens (including phenoxy) is 1. The molecule has 0 saturated heterocycles. The topological polar surface area (TPSA) is 76.7 Å². The predicted molar refractivity (Wildman–Crippen MR) is 85.0 cm³/mol. The Morgan fingerprint density at radius 1 is 1.17 bits per heavy atom. The summed E-state index contributed by atoms with van der Waals surface area (Å²) in [5.74, 6) is -0.429. The van der Waals surface area contributed by atoms with Crippen LogP contribution in [0.25, 0.3) is 11.0 Å². The molecule has 3 rings (SSSR count). The molecule has 0 atom stereocenters. The molecule has 1 aromatic heterocycles. The van der Waals surface area contributed by atoms with Gasteiger partial charge in [-0.15, -0.1) is 0 Å². The average Bonchev–Trinajstić information content (AvgIpc) is 2.52. The summed E-state index contributed by atoms with van der Waals surface area (Å²) < 4.78 is 10.8. The second kappa shape index (κ2) is 5.96. The van der Waals surface area contributed by atoms with Crippen LogP contribution in [-0.4, -0.2) is 11.1 Å². The highest BCUT2D eigenvalue weighted by atomic mass is 16.5. The lowest BCUT2D eigenvalue weighted by atomic mass is 10.1. The van der Waals surface area contributed by atoms with Gasteiger partial charge in [0.05, 0.1) is 5.56 Å². The summed E-state index contributed by atoms with van der Waals surface area (Å²) in [6, 6.07) is 13.3. The fourth-order valence-corrected chi connectivity index (χ4v) is 2.36. The lowest BCUT2D eigenvalue weighted by Crippen LogP contribution is -2.01. The Balaban J connectivity index is 1.83. The third kappa shape index (κ3) is 3.23. The number of aryl methyl sites for hydroxylation is 1. The fourth-order valence-electron chi connectivity index (χ4n) is 2.36. The number of benzene rings is 2. The predicted octanol–water partition coefficient (Wildman–Crippen LogP) is 3.38. The van der Waals surface area contributed by atoms with E-state index in [1.54, 1.807) is 30.3 Å². The first-order valence-electron chi connectivity index (χ1n) is 7.02. The van der Waals surface area contributed by atoms with Crippen molar-refractivity contribution in [2.75, 3.05) is 0 Å². The van der Waals surface area contributed by atoms with Crippen LogP contribution >= 0.6 is 0 Å². The van der Waals surface area contributed by atoms with Crippen LogP contribution in [0, 0.1) is 6.92 Å². The van der Waals surface area contributed by atoms with E-state index in [1.807, 2.05) is 13.0 Å². The molecule has 0 aliphatic carbocycles. The number of rotatable bonds is 4. The van der Waals surface area contributed by atoms with E-state index in [0.29, 0.717) is 11.3 Å². The Hall–Kier alpha value is -3.08. The van der Waals surface area contributed by atoms with E-state index in [1.165, 1.54) is 12.1 Å². The van der Waals surface area contributed by atoms with Crippen LogP contribution in [0.3, 0.4) is 0 Å². The molecule has 0 amide bonds. The number of hydrogen-bond donors (Lipinski definition) is 1. The Morgan fingerprint density at radius 2 is 2.00 bits per heavy atom. The molecular weight excluding hydrogens is 296 g/mol. The zero-order valence-electron chi connectivity index (χ0n) is 12.4. The number of hydrogen-bond acceptors (Lipinski definition) is 4. The minimum absolute atomic E-state index is 0.214. The molecule has 0 aliphatic rings. The van der Waals surface area contributed by atoms with Gasteiger partial charge in [0.2, 0.25) is 0 Å². The summed E-state index contributed by atoms with van der Waals surface area (Å²) in [4.78, 5) is 22.4. The Labute approximate surface area is 131 Å². The summed E-state index contributed by atoms with van der Waals surface area (Å²) in [7, 11) is 0. The first-order valence-corrected chi connectivity index (χ1v) is 7.02. The first kappa shape index (κ1) is 14.8. The van der Waals surface area contributed by atoms with E-state index in [2.05, 4.69) is 0 Å². The SMILES string of the molecule is Cc1cc(=O)oc2cc(OCc3cccc(C(=O)O)c3)ccc12. The van der Waals surface area contributed by atoms with E-state index in [4.69, 9.17) is 14.3 Å². The molecule has 116 valence electrons. The van der Waals surface area contributed by atoms with Crippen molar-refractivity contribution in [2.24, 2.45) is 0 Å². The van der Waals surface area contributed by atoms with Crippen molar-refractivity contribution in [1.29, 1.82) is 0 Å². The molecule has 5 nitrogen and oxygen atoms in total. The molecule has 2 aromatic carbocycles. The Morgan fingerprint density at radius 3 is 2.78 bits per heavy atom. The van der Waals surface area contributed by atoms with Crippen LogP contribution < -0.4 is 10.4 Å². The second-order valence-corrected chi connectivity index (χ2v) is 5.20. The van der Waals surface area contributed by atoms with Crippen molar-refractivity contribution in [3.63, 3.8) is 0 Å². The zero-order chi connectivity index (χ0) is 16.4. The minimum Gasteiger partial charge on any atom is -0.489 e. The summed E-state index contributed by atoms with van der Waals surface area (Å²) in [5, 5.41) is 9.83. The van der Waals surface area contributed by atoms with E-state index in [9.17, 15) is 9.59 Å². The maximum Gasteiger partial charge on any atom is 0.336 e. The summed E-state index contributed by atoms with van der Waals surface area (Å²) in [5.41, 5.74) is 1.87. The molecule has 0 unspecified atom stereocenters. The maximum atomic E-state index is 11.4. The summed E-state index contributed by atoms with van der Waals surface area (Å²) >= 11 is 0. The number of fused-ring (bicyclic) bond motifs is 1. The van der Waals surface area contributed by atoms with Crippen molar-refractivity contribution < 1.29 is 19.1 Å². The monoisotopic (exact) mass is 310 g/mol. The normalized spacial score (nSPS) is 10.7. The lowest BCUT2D eigenvalue weighted by molar-refractivity contribution is 0.0696. The zero-order valence-corrected chi connectivity index (χ0v) is 12.4. The van der Waals surface area contributed by atoms with E-state index in [0.717, 1.165) is 16.5 Å². The lowest BCUT2D eigenvalue weighted by Gasteiger charge is -2.08. The van der Waals surface area contributed by atoms with Gasteiger partial charge >= 0.3 is 11.6 Å². The van der Waals surface area contributed by atoms with Crippen LogP contribution in [0.5, 0.6) is 5.75 Å². The Kier molecular flexibility index (Phi) is 3.85. The second-order valence-electron chi connectivity index (χ2n) is 5.20. The van der Waals surface area contributed by atoms with Crippen LogP contribution in [0.4, 0.5) is 0 Å². The van der Waals surface area contributed by atoms with Gasteiger partial charge in [0, 0.05) is 17.5 Å². The van der Waals surface area contributed by atoms with Crippen molar-refractivity contribution in [3.05, 3.63) is 75.6 Å². The third-order valence-electron chi connectivity index (χ3n) is 3.50. The van der Waals surface area contributed by atoms with Crippen molar-refractivity contribution >= 4 is 16.9 Å². The minimum atomic E-state index is -0.977. The van der Waals surface area contributed by atoms with Crippen molar-refractivity contribution in [1.82, 2.24) is 0 Å². The van der Waals surface area contributed by atoms with Crippen LogP contribution in [-0.2, 0) is 6.61 Å². The summed E-state index contributed by atoms with van der Waals surface area (Å²) in [6.45, 7) is 2.07. The first-order chi connectivity index (χ1) is 11.0. The molecular formula is C18H14O5. The van der Waals surface area contributed by atoms with E-state index in [-0.39, 0.29) is 12.2 Å². The number of carboxylic acid groups (broad SMARTS) is 1. The van der Waals surface area contributed by atoms with Gasteiger partial charge in [0.1, 0.15) is 17.9 Å². The van der Waals surface area contributed by atoms with Gasteiger partial charge in [-0.3, -0.25) is 0 Å². The van der Waals surface area contributed by atoms with Gasteiger partial charge in [-0.1, -0.05) is 12.1 Å². The van der Waals surface area contributed by atoms with Gasteiger partial charge in [-0.25, -0.2) is 9.59 Å². The van der Waals surface area contributed by atoms with E-state index >= 15 is 0 Å². The van der Waals surface area contributed by atoms with Crippen LogP contribution in [0.1, 0.15) is 21.5 Å². The van der Waals surface area contributed by atoms with Crippen molar-refractivity contribution in [2.45, 2.75) is 13.5 Å². The molecule has 0 fully saturated rings. The smallest absolute Gasteiger partial charge is 0.336 e. The molecule has 0 spiro atoms. The highest BCUT2D eigenvalue weighted by molar-refractivity contribution is 5.87. The fraction of sp³-hybridized carbons (Fsp3) is 0.111. The number of carbonyl (C=O) groups is 1. The molecule has 0 saturated carbocycles. The van der Waals surface area contributed by atoms with Gasteiger partial charge in [-0.2, -0.15) is 0 Å². The molecule has 3 aromatic rings. The molecule has 0 aliphatic heterocycles. The quantitative estimate of drug-likeness (QED) is 0.748. The molecule has 1 N–H and O–H groups in total. The highest BCUT2D eigenvalue weighted by Crippen LogP contribution is 2.23. The molecule has 0 bridgehead atoms. The van der Waals surface area contributed by atoms with Gasteiger partial charge in [0.15, 0.2) is 0 Å². The number of aromatic carboxylic acids is 1. The highest BCUT2D eigenvalue weighted by Gasteiger charge is 2.06. The van der Waals surface area contributed by atoms with Crippen LogP contribution in [0.2, 0.25) is 0 Å². The average molecular weight is 310 g/mol. The Bertz CT molecular complexity index is 940. The molecule has 0 radical (unpaired) electrons. The van der Waals surface area contributed by atoms with Gasteiger partial charge in [-0.05, 0) is 42.3 Å². The van der Waals surface area contributed by atoms with Gasteiger partial charge in [0.25, 0.3) is 0 Å². The molecule has 5 heteroatoms. The third-order valence-corrected chi connectivity index (χ3v) is 3.50. The molecule has 1 heterocycles. The largest absolute Gasteiger partial charge is 0.489 e. The van der Waals surface area contributed by atoms with Crippen LogP contribution in [0.15, 0.2) is 57.7 Å². The van der Waals surface area contributed by atoms with E-state index < -0.39 is 11.6 Å². The maximum absolute atomic E-state index is 11.4. The standard InChI is InChI=1S/C18H14O5/c1-11-7-17(19)23-16-9-14(5-6-15(11)16)22-10-12-3-2-4-13(8-12)18(20)21/h2-9H,10H2,1H3,(H,20,21). The number of carboxylic acids is 1. The van der Waals surface area contributed by atoms with Gasteiger partial charge < -0.3 is 14.3 Å². The summed E-state index contributed by atoms with van der Waals surface area (Å²) in [6.07, 6.45) is 0. The molecule has 23 heavy (non-hydrogen) atoms.